The largest absolute Gasteiger partial charge is 0.338 e. The second-order valence-electron chi connectivity index (χ2n) is 3.88. The van der Waals surface area contributed by atoms with E-state index in [0.29, 0.717) is 5.82 Å². The maximum atomic E-state index is 4.47. The lowest BCUT2D eigenvalue weighted by Gasteiger charge is -2.05. The molecular weight excluding hydrogens is 306 g/mol. The summed E-state index contributed by atoms with van der Waals surface area (Å²) in [5.41, 5.74) is 1.83. The number of aromatic amines is 1. The number of benzene rings is 1. The molecule has 0 saturated heterocycles. The highest BCUT2D eigenvalue weighted by atomic mass is 79.9. The van der Waals surface area contributed by atoms with Crippen LogP contribution in [0, 0.1) is 0 Å². The van der Waals surface area contributed by atoms with Gasteiger partial charge in [0.25, 0.3) is 0 Å². The monoisotopic (exact) mass is 315 g/mol. The zero-order valence-electron chi connectivity index (χ0n) is 9.84. The van der Waals surface area contributed by atoms with Gasteiger partial charge >= 0.3 is 0 Å². The van der Waals surface area contributed by atoms with Crippen molar-refractivity contribution in [3.63, 3.8) is 0 Å². The van der Waals surface area contributed by atoms with Crippen molar-refractivity contribution in [2.45, 2.75) is 0 Å². The summed E-state index contributed by atoms with van der Waals surface area (Å²) in [6, 6.07) is 9.70. The Kier molecular flexibility index (Phi) is 3.24. The van der Waals surface area contributed by atoms with Crippen molar-refractivity contribution in [2.24, 2.45) is 0 Å². The van der Waals surface area contributed by atoms with Gasteiger partial charge in [0.15, 0.2) is 5.82 Å². The Balaban J connectivity index is 1.89. The number of anilines is 2. The van der Waals surface area contributed by atoms with E-state index >= 15 is 0 Å². The fourth-order valence-electron chi connectivity index (χ4n) is 1.63. The van der Waals surface area contributed by atoms with Crippen molar-refractivity contribution in [2.75, 3.05) is 5.32 Å². The number of H-pyrrole nitrogens is 1. The zero-order valence-corrected chi connectivity index (χ0v) is 11.4. The number of halogens is 1. The van der Waals surface area contributed by atoms with Crippen LogP contribution in [-0.4, -0.2) is 20.2 Å². The molecule has 0 aliphatic carbocycles. The lowest BCUT2D eigenvalue weighted by molar-refractivity contribution is 1.09. The number of hydrogen-bond donors (Lipinski definition) is 2. The standard InChI is InChI=1S/C13H10BrN5/c14-10-3-1-9(2-4-10)13-15-6-5-12(19-13)18-11-7-16-17-8-11/h1-8H,(H,16,17)(H,15,18,19). The van der Waals surface area contributed by atoms with Gasteiger partial charge in [-0.1, -0.05) is 28.1 Å². The third-order valence-corrected chi connectivity index (χ3v) is 3.06. The highest BCUT2D eigenvalue weighted by Gasteiger charge is 2.03. The molecule has 3 rings (SSSR count). The minimum Gasteiger partial charge on any atom is -0.338 e. The quantitative estimate of drug-likeness (QED) is 0.777. The van der Waals surface area contributed by atoms with E-state index in [9.17, 15) is 0 Å². The van der Waals surface area contributed by atoms with E-state index in [1.807, 2.05) is 30.3 Å². The summed E-state index contributed by atoms with van der Waals surface area (Å²) in [6.45, 7) is 0. The second-order valence-corrected chi connectivity index (χ2v) is 4.80. The Morgan fingerprint density at radius 2 is 1.95 bits per heavy atom. The molecule has 1 aromatic carbocycles. The summed E-state index contributed by atoms with van der Waals surface area (Å²) in [5.74, 6) is 1.41. The third kappa shape index (κ3) is 2.79. The van der Waals surface area contributed by atoms with Crippen LogP contribution in [0.5, 0.6) is 0 Å². The van der Waals surface area contributed by atoms with Gasteiger partial charge in [0, 0.05) is 22.4 Å². The van der Waals surface area contributed by atoms with E-state index in [0.717, 1.165) is 21.5 Å². The molecule has 0 saturated carbocycles. The van der Waals surface area contributed by atoms with Crippen molar-refractivity contribution in [3.8, 4) is 11.4 Å². The summed E-state index contributed by atoms with van der Waals surface area (Å²) < 4.78 is 1.03. The van der Waals surface area contributed by atoms with Crippen LogP contribution in [0.3, 0.4) is 0 Å². The molecule has 0 unspecified atom stereocenters. The van der Waals surface area contributed by atoms with Gasteiger partial charge in [0.2, 0.25) is 0 Å². The van der Waals surface area contributed by atoms with E-state index in [1.54, 1.807) is 18.6 Å². The smallest absolute Gasteiger partial charge is 0.161 e. The van der Waals surface area contributed by atoms with Crippen LogP contribution >= 0.6 is 15.9 Å². The van der Waals surface area contributed by atoms with Crippen LogP contribution in [0.4, 0.5) is 11.5 Å². The minimum atomic E-state index is 0.681. The van der Waals surface area contributed by atoms with Gasteiger partial charge in [-0.3, -0.25) is 5.10 Å². The van der Waals surface area contributed by atoms with E-state index in [4.69, 9.17) is 0 Å². The molecule has 5 nitrogen and oxygen atoms in total. The zero-order chi connectivity index (χ0) is 13.1. The summed E-state index contributed by atoms with van der Waals surface area (Å²) in [6.07, 6.45) is 5.19. The Morgan fingerprint density at radius 1 is 1.11 bits per heavy atom. The first kappa shape index (κ1) is 11.9. The predicted molar refractivity (Wildman–Crippen MR) is 77.0 cm³/mol. The molecule has 6 heteroatoms. The molecule has 2 N–H and O–H groups in total. The number of nitrogens with zero attached hydrogens (tertiary/aromatic N) is 3. The van der Waals surface area contributed by atoms with Crippen LogP contribution < -0.4 is 5.32 Å². The fourth-order valence-corrected chi connectivity index (χ4v) is 1.90. The molecule has 0 aliphatic heterocycles. The maximum Gasteiger partial charge on any atom is 0.161 e. The molecular formula is C13H10BrN5. The average Bonchev–Trinajstić information content (AvgIpc) is 2.93. The van der Waals surface area contributed by atoms with Crippen LogP contribution in [0.15, 0.2) is 53.4 Å². The van der Waals surface area contributed by atoms with Crippen LogP contribution in [0.25, 0.3) is 11.4 Å². The third-order valence-electron chi connectivity index (χ3n) is 2.53. The number of rotatable bonds is 3. The predicted octanol–water partition coefficient (Wildman–Crippen LogP) is 3.37. The fraction of sp³-hybridized carbons (Fsp3) is 0. The first-order valence-electron chi connectivity index (χ1n) is 5.66. The first-order valence-corrected chi connectivity index (χ1v) is 6.45. The van der Waals surface area contributed by atoms with Crippen molar-refractivity contribution in [1.82, 2.24) is 20.2 Å². The summed E-state index contributed by atoms with van der Waals surface area (Å²) in [7, 11) is 0. The molecule has 0 atom stereocenters. The normalized spacial score (nSPS) is 10.4. The molecule has 2 heterocycles. The van der Waals surface area contributed by atoms with Gasteiger partial charge in [0.05, 0.1) is 11.9 Å². The first-order chi connectivity index (χ1) is 9.31. The van der Waals surface area contributed by atoms with E-state index < -0.39 is 0 Å². The number of hydrogen-bond acceptors (Lipinski definition) is 4. The van der Waals surface area contributed by atoms with Gasteiger partial charge in [-0.05, 0) is 18.2 Å². The Bertz CT molecular complexity index is 664. The molecule has 0 amide bonds. The Hall–Kier alpha value is -2.21. The van der Waals surface area contributed by atoms with Crippen molar-refractivity contribution in [3.05, 3.63) is 53.4 Å². The van der Waals surface area contributed by atoms with Crippen molar-refractivity contribution < 1.29 is 0 Å². The van der Waals surface area contributed by atoms with Crippen molar-refractivity contribution >= 4 is 27.4 Å². The lowest BCUT2D eigenvalue weighted by atomic mass is 10.2. The molecule has 2 aromatic heterocycles. The van der Waals surface area contributed by atoms with Crippen molar-refractivity contribution in [1.29, 1.82) is 0 Å². The van der Waals surface area contributed by atoms with Gasteiger partial charge in [0.1, 0.15) is 5.82 Å². The summed E-state index contributed by atoms with van der Waals surface area (Å²) in [4.78, 5) is 8.75. The molecule has 0 fully saturated rings. The van der Waals surface area contributed by atoms with Crippen LogP contribution in [-0.2, 0) is 0 Å². The molecule has 94 valence electrons. The molecule has 0 bridgehead atoms. The lowest BCUT2D eigenvalue weighted by Crippen LogP contribution is -1.95. The van der Waals surface area contributed by atoms with Gasteiger partial charge < -0.3 is 5.32 Å². The van der Waals surface area contributed by atoms with E-state index in [-0.39, 0.29) is 0 Å². The molecule has 0 aliphatic rings. The van der Waals surface area contributed by atoms with Crippen LogP contribution in [0.2, 0.25) is 0 Å². The van der Waals surface area contributed by atoms with Gasteiger partial charge in [-0.15, -0.1) is 0 Å². The van der Waals surface area contributed by atoms with E-state index in [2.05, 4.69) is 41.4 Å². The maximum absolute atomic E-state index is 4.47. The van der Waals surface area contributed by atoms with E-state index in [1.165, 1.54) is 0 Å². The van der Waals surface area contributed by atoms with Gasteiger partial charge in [-0.2, -0.15) is 5.10 Å². The SMILES string of the molecule is Brc1ccc(-c2nccc(Nc3cn[nH]c3)n2)cc1. The topological polar surface area (TPSA) is 66.5 Å². The molecule has 0 spiro atoms. The highest BCUT2D eigenvalue weighted by molar-refractivity contribution is 9.10. The van der Waals surface area contributed by atoms with Crippen LogP contribution in [0.1, 0.15) is 0 Å². The summed E-state index contributed by atoms with van der Waals surface area (Å²) >= 11 is 3.41. The highest BCUT2D eigenvalue weighted by Crippen LogP contribution is 2.20. The Labute approximate surface area is 118 Å². The molecule has 0 radical (unpaired) electrons. The number of nitrogens with one attached hydrogen (secondary N) is 2. The molecule has 19 heavy (non-hydrogen) atoms. The second kappa shape index (κ2) is 5.19. The molecule has 3 aromatic rings. The minimum absolute atomic E-state index is 0.681. The Morgan fingerprint density at radius 3 is 2.68 bits per heavy atom. The number of aromatic nitrogens is 4. The summed E-state index contributed by atoms with van der Waals surface area (Å²) in [5, 5.41) is 9.77. The average molecular weight is 316 g/mol. The van der Waals surface area contributed by atoms with Gasteiger partial charge in [-0.25, -0.2) is 9.97 Å².